The molecule has 3 aromatic carbocycles. The summed E-state index contributed by atoms with van der Waals surface area (Å²) in [5, 5.41) is 2.88. The fraction of sp³-hybridized carbons (Fsp3) is 0.174. The number of benzene rings is 3. The van der Waals surface area contributed by atoms with E-state index in [1.54, 1.807) is 36.4 Å². The molecule has 0 heterocycles. The van der Waals surface area contributed by atoms with Crippen LogP contribution >= 0.6 is 0 Å². The Kier molecular flexibility index (Phi) is 6.42. The number of rotatable bonds is 7. The van der Waals surface area contributed by atoms with Crippen molar-refractivity contribution in [1.29, 1.82) is 0 Å². The smallest absolute Gasteiger partial charge is 0.264 e. The zero-order chi connectivity index (χ0) is 21.7. The van der Waals surface area contributed by atoms with Gasteiger partial charge in [-0.3, -0.25) is 9.10 Å². The lowest BCUT2D eigenvalue weighted by Crippen LogP contribution is -2.27. The van der Waals surface area contributed by atoms with E-state index in [0.29, 0.717) is 23.5 Å². The summed E-state index contributed by atoms with van der Waals surface area (Å²) in [6, 6.07) is 20.6. The largest absolute Gasteiger partial charge is 0.497 e. The highest BCUT2D eigenvalue weighted by Crippen LogP contribution is 2.24. The van der Waals surface area contributed by atoms with E-state index in [-0.39, 0.29) is 10.8 Å². The minimum atomic E-state index is -3.72. The second-order valence-electron chi connectivity index (χ2n) is 6.87. The Bertz CT molecular complexity index is 1120. The van der Waals surface area contributed by atoms with Crippen molar-refractivity contribution in [2.24, 2.45) is 0 Å². The van der Waals surface area contributed by atoms with Crippen molar-refractivity contribution in [3.8, 4) is 5.75 Å². The van der Waals surface area contributed by atoms with Crippen LogP contribution in [0.15, 0.2) is 77.7 Å². The van der Waals surface area contributed by atoms with E-state index in [0.717, 1.165) is 11.1 Å². The lowest BCUT2D eigenvalue weighted by Gasteiger charge is -2.20. The van der Waals surface area contributed by atoms with Gasteiger partial charge in [-0.25, -0.2) is 8.42 Å². The van der Waals surface area contributed by atoms with Gasteiger partial charge in [0, 0.05) is 19.2 Å². The average Bonchev–Trinajstić information content (AvgIpc) is 2.77. The number of hydrogen-bond acceptors (Lipinski definition) is 4. The first-order chi connectivity index (χ1) is 14.3. The summed E-state index contributed by atoms with van der Waals surface area (Å²) in [5.41, 5.74) is 3.07. The third kappa shape index (κ3) is 4.80. The van der Waals surface area contributed by atoms with Gasteiger partial charge in [0.25, 0.3) is 15.9 Å². The van der Waals surface area contributed by atoms with Crippen LogP contribution in [0.4, 0.5) is 5.69 Å². The zero-order valence-electron chi connectivity index (χ0n) is 17.1. The maximum Gasteiger partial charge on any atom is 0.264 e. The Balaban J connectivity index is 1.69. The topological polar surface area (TPSA) is 75.7 Å². The maximum atomic E-state index is 12.8. The first kappa shape index (κ1) is 21.4. The summed E-state index contributed by atoms with van der Waals surface area (Å²) in [7, 11) is -0.723. The van der Waals surface area contributed by atoms with Crippen LogP contribution in [0.5, 0.6) is 5.75 Å². The number of carbonyl (C=O) groups excluding carboxylic acids is 1. The Labute approximate surface area is 177 Å². The molecular formula is C23H24N2O4S. The van der Waals surface area contributed by atoms with Crippen molar-refractivity contribution in [3.63, 3.8) is 0 Å². The van der Waals surface area contributed by atoms with Gasteiger partial charge in [-0.1, -0.05) is 29.8 Å². The molecule has 30 heavy (non-hydrogen) atoms. The van der Waals surface area contributed by atoms with Crippen molar-refractivity contribution in [2.45, 2.75) is 18.4 Å². The Hall–Kier alpha value is -3.32. The van der Waals surface area contributed by atoms with Crippen LogP contribution < -0.4 is 14.4 Å². The predicted octanol–water partition coefficient (Wildman–Crippen LogP) is 3.76. The van der Waals surface area contributed by atoms with E-state index in [2.05, 4.69) is 5.32 Å². The monoisotopic (exact) mass is 424 g/mol. The van der Waals surface area contributed by atoms with Crippen LogP contribution in [0, 0.1) is 6.92 Å². The van der Waals surface area contributed by atoms with E-state index < -0.39 is 10.0 Å². The minimum absolute atomic E-state index is 0.158. The number of anilines is 1. The molecule has 3 rings (SSSR count). The van der Waals surface area contributed by atoms with Gasteiger partial charge in [0.2, 0.25) is 0 Å². The van der Waals surface area contributed by atoms with Crippen molar-refractivity contribution in [2.75, 3.05) is 18.5 Å². The van der Waals surface area contributed by atoms with Crippen molar-refractivity contribution in [1.82, 2.24) is 5.32 Å². The molecule has 0 aromatic heterocycles. The summed E-state index contributed by atoms with van der Waals surface area (Å²) in [5.74, 6) is 0.362. The van der Waals surface area contributed by atoms with Crippen LogP contribution in [-0.4, -0.2) is 28.5 Å². The van der Waals surface area contributed by atoms with E-state index in [1.165, 1.54) is 30.6 Å². The summed E-state index contributed by atoms with van der Waals surface area (Å²) < 4.78 is 31.9. The molecule has 0 fully saturated rings. The van der Waals surface area contributed by atoms with Crippen molar-refractivity contribution < 1.29 is 17.9 Å². The molecule has 156 valence electrons. The average molecular weight is 425 g/mol. The van der Waals surface area contributed by atoms with Gasteiger partial charge in [0.1, 0.15) is 5.75 Å². The molecule has 0 unspecified atom stereocenters. The van der Waals surface area contributed by atoms with Crippen molar-refractivity contribution in [3.05, 3.63) is 89.5 Å². The summed E-state index contributed by atoms with van der Waals surface area (Å²) in [6.07, 6.45) is 0. The fourth-order valence-corrected chi connectivity index (χ4v) is 4.17. The SMILES string of the molecule is COc1ccc(S(=O)(=O)N(C)c2ccc(C(=O)NCc3cccc(C)c3)cc2)cc1. The number of methoxy groups -OCH3 is 1. The van der Waals surface area contributed by atoms with Gasteiger partial charge in [-0.2, -0.15) is 0 Å². The van der Waals surface area contributed by atoms with E-state index >= 15 is 0 Å². The number of nitrogens with one attached hydrogen (secondary N) is 1. The van der Waals surface area contributed by atoms with E-state index in [4.69, 9.17) is 4.74 Å². The highest BCUT2D eigenvalue weighted by atomic mass is 32.2. The standard InChI is InChI=1S/C23H24N2O4S/c1-17-5-4-6-18(15-17)16-24-23(26)19-7-9-20(10-8-19)25(2)30(27,28)22-13-11-21(29-3)12-14-22/h4-15H,16H2,1-3H3,(H,24,26). The molecule has 0 saturated heterocycles. The van der Waals surface area contributed by atoms with Crippen LogP contribution in [0.2, 0.25) is 0 Å². The third-order valence-corrected chi connectivity index (χ3v) is 6.55. The number of nitrogens with zero attached hydrogens (tertiary/aromatic N) is 1. The molecule has 0 radical (unpaired) electrons. The molecule has 0 spiro atoms. The van der Waals surface area contributed by atoms with Crippen LogP contribution in [0.25, 0.3) is 0 Å². The van der Waals surface area contributed by atoms with Gasteiger partial charge >= 0.3 is 0 Å². The molecule has 1 N–H and O–H groups in total. The Morgan fingerprint density at radius 2 is 1.67 bits per heavy atom. The molecule has 3 aromatic rings. The molecule has 0 aliphatic rings. The highest BCUT2D eigenvalue weighted by Gasteiger charge is 2.21. The predicted molar refractivity (Wildman–Crippen MR) is 117 cm³/mol. The lowest BCUT2D eigenvalue weighted by molar-refractivity contribution is 0.0951. The molecule has 0 bridgehead atoms. The number of hydrogen-bond donors (Lipinski definition) is 1. The molecule has 0 saturated carbocycles. The molecule has 7 heteroatoms. The number of aryl methyl sites for hydroxylation is 1. The van der Waals surface area contributed by atoms with Crippen LogP contribution in [-0.2, 0) is 16.6 Å². The molecule has 6 nitrogen and oxygen atoms in total. The summed E-state index contributed by atoms with van der Waals surface area (Å²) in [6.45, 7) is 2.43. The number of carbonyl (C=O) groups is 1. The van der Waals surface area contributed by atoms with Gasteiger partial charge < -0.3 is 10.1 Å². The van der Waals surface area contributed by atoms with Crippen LogP contribution in [0.3, 0.4) is 0 Å². The Morgan fingerprint density at radius 1 is 1.00 bits per heavy atom. The fourth-order valence-electron chi connectivity index (χ4n) is 2.97. The van der Waals surface area contributed by atoms with Gasteiger partial charge in [0.05, 0.1) is 17.7 Å². The van der Waals surface area contributed by atoms with Crippen LogP contribution in [0.1, 0.15) is 21.5 Å². The molecule has 1 amide bonds. The second-order valence-corrected chi connectivity index (χ2v) is 8.84. The first-order valence-corrected chi connectivity index (χ1v) is 10.8. The second kappa shape index (κ2) is 9.00. The summed E-state index contributed by atoms with van der Waals surface area (Å²) in [4.78, 5) is 12.6. The number of ether oxygens (including phenoxy) is 1. The van der Waals surface area contributed by atoms with Gasteiger partial charge in [-0.05, 0) is 61.0 Å². The van der Waals surface area contributed by atoms with Crippen molar-refractivity contribution >= 4 is 21.6 Å². The first-order valence-electron chi connectivity index (χ1n) is 9.38. The van der Waals surface area contributed by atoms with Gasteiger partial charge in [0.15, 0.2) is 0 Å². The zero-order valence-corrected chi connectivity index (χ0v) is 17.9. The van der Waals surface area contributed by atoms with Gasteiger partial charge in [-0.15, -0.1) is 0 Å². The lowest BCUT2D eigenvalue weighted by atomic mass is 10.1. The third-order valence-electron chi connectivity index (χ3n) is 4.75. The molecule has 0 atom stereocenters. The number of sulfonamides is 1. The van der Waals surface area contributed by atoms with E-state index in [1.807, 2.05) is 31.2 Å². The van der Waals surface area contributed by atoms with E-state index in [9.17, 15) is 13.2 Å². The number of amides is 1. The summed E-state index contributed by atoms with van der Waals surface area (Å²) >= 11 is 0. The normalized spacial score (nSPS) is 11.0. The highest BCUT2D eigenvalue weighted by molar-refractivity contribution is 7.92. The minimum Gasteiger partial charge on any atom is -0.497 e. The Morgan fingerprint density at radius 3 is 2.27 bits per heavy atom. The maximum absolute atomic E-state index is 12.8. The molecular weight excluding hydrogens is 400 g/mol. The molecule has 0 aliphatic heterocycles. The quantitative estimate of drug-likeness (QED) is 0.627. The molecule has 0 aliphatic carbocycles.